The van der Waals surface area contributed by atoms with Gasteiger partial charge in [-0.3, -0.25) is 0 Å². The molecular formula is C8H17N. The fraction of sp³-hybridized carbons (Fsp3) is 0.750. The largest absolute Gasteiger partial charge is 0.402 e. The second-order valence-corrected chi connectivity index (χ2v) is 2.32. The summed E-state index contributed by atoms with van der Waals surface area (Å²) >= 11 is 0. The van der Waals surface area contributed by atoms with Crippen LogP contribution < -0.4 is 5.73 Å². The fourth-order valence-corrected chi connectivity index (χ4v) is 0.723. The Morgan fingerprint density at radius 2 is 2.11 bits per heavy atom. The molecule has 0 aromatic carbocycles. The number of hydrogen-bond acceptors (Lipinski definition) is 1. The molecule has 1 nitrogen and oxygen atoms in total. The minimum absolute atomic E-state index is 1.03. The van der Waals surface area contributed by atoms with Crippen LogP contribution in [0.1, 0.15) is 39.5 Å². The molecule has 0 unspecified atom stereocenters. The third kappa shape index (κ3) is 5.41. The topological polar surface area (TPSA) is 26.0 Å². The smallest absolute Gasteiger partial charge is 0.00371 e. The number of unbranched alkanes of at least 4 members (excludes halogenated alkanes) is 2. The highest BCUT2D eigenvalue weighted by Crippen LogP contribution is 2.02. The summed E-state index contributed by atoms with van der Waals surface area (Å²) < 4.78 is 0. The fourth-order valence-electron chi connectivity index (χ4n) is 0.723. The van der Waals surface area contributed by atoms with Gasteiger partial charge >= 0.3 is 0 Å². The molecule has 54 valence electrons. The maximum absolute atomic E-state index is 5.57. The normalized spacial score (nSPS) is 12.0. The summed E-state index contributed by atoms with van der Waals surface area (Å²) in [5.74, 6) is 0. The van der Waals surface area contributed by atoms with E-state index in [1.807, 2.05) is 13.0 Å². The minimum Gasteiger partial charge on any atom is -0.402 e. The second-order valence-electron chi connectivity index (χ2n) is 2.32. The van der Waals surface area contributed by atoms with Gasteiger partial charge in [-0.15, -0.1) is 0 Å². The molecule has 0 saturated carbocycles. The Kier molecular flexibility index (Phi) is 5.38. The number of nitrogens with two attached hydrogens (primary N) is 1. The van der Waals surface area contributed by atoms with Crippen molar-refractivity contribution in [1.82, 2.24) is 0 Å². The van der Waals surface area contributed by atoms with Gasteiger partial charge in [-0.05, 0) is 19.8 Å². The van der Waals surface area contributed by atoms with E-state index in [2.05, 4.69) is 6.92 Å². The molecule has 0 radical (unpaired) electrons. The average molecular weight is 127 g/mol. The Hall–Kier alpha value is -0.460. The van der Waals surface area contributed by atoms with Crippen LogP contribution in [0.2, 0.25) is 0 Å². The highest BCUT2D eigenvalue weighted by atomic mass is 14.6. The maximum atomic E-state index is 5.57. The van der Waals surface area contributed by atoms with Gasteiger partial charge in [0.05, 0.1) is 0 Å². The molecule has 0 fully saturated rings. The van der Waals surface area contributed by atoms with Crippen molar-refractivity contribution in [2.24, 2.45) is 5.73 Å². The summed E-state index contributed by atoms with van der Waals surface area (Å²) in [5, 5.41) is 0. The summed E-state index contributed by atoms with van der Waals surface area (Å²) in [6.45, 7) is 4.19. The van der Waals surface area contributed by atoms with Crippen molar-refractivity contribution in [1.29, 1.82) is 0 Å². The molecule has 0 aliphatic rings. The lowest BCUT2D eigenvalue weighted by atomic mass is 10.2. The number of rotatable bonds is 4. The van der Waals surface area contributed by atoms with Crippen molar-refractivity contribution in [3.63, 3.8) is 0 Å². The first kappa shape index (κ1) is 8.54. The van der Waals surface area contributed by atoms with E-state index in [0.29, 0.717) is 0 Å². The summed E-state index contributed by atoms with van der Waals surface area (Å²) in [6, 6.07) is 0. The highest BCUT2D eigenvalue weighted by Gasteiger charge is 1.87. The predicted molar refractivity (Wildman–Crippen MR) is 42.1 cm³/mol. The van der Waals surface area contributed by atoms with Crippen molar-refractivity contribution in [2.75, 3.05) is 0 Å². The SMILES string of the molecule is C/C=C(\N)CCCCC. The molecule has 0 aliphatic heterocycles. The van der Waals surface area contributed by atoms with Crippen molar-refractivity contribution >= 4 is 0 Å². The molecule has 0 aliphatic carbocycles. The van der Waals surface area contributed by atoms with Crippen LogP contribution in [-0.4, -0.2) is 0 Å². The standard InChI is InChI=1S/C8H17N/c1-3-5-6-7-8(9)4-2/h4H,3,5-7,9H2,1-2H3/b8-4-. The van der Waals surface area contributed by atoms with Crippen molar-refractivity contribution < 1.29 is 0 Å². The van der Waals surface area contributed by atoms with Crippen LogP contribution in [0.5, 0.6) is 0 Å². The van der Waals surface area contributed by atoms with E-state index in [1.54, 1.807) is 0 Å². The summed E-state index contributed by atoms with van der Waals surface area (Å²) in [4.78, 5) is 0. The van der Waals surface area contributed by atoms with Crippen LogP contribution in [0, 0.1) is 0 Å². The molecule has 0 rings (SSSR count). The van der Waals surface area contributed by atoms with Gasteiger partial charge in [0.1, 0.15) is 0 Å². The van der Waals surface area contributed by atoms with Gasteiger partial charge in [0.15, 0.2) is 0 Å². The second kappa shape index (κ2) is 5.67. The van der Waals surface area contributed by atoms with Crippen LogP contribution in [-0.2, 0) is 0 Å². The van der Waals surface area contributed by atoms with Gasteiger partial charge in [0, 0.05) is 5.70 Å². The quantitative estimate of drug-likeness (QED) is 0.577. The molecule has 0 spiro atoms. The lowest BCUT2D eigenvalue weighted by molar-refractivity contribution is 0.709. The van der Waals surface area contributed by atoms with Crippen molar-refractivity contribution in [3.05, 3.63) is 11.8 Å². The molecule has 1 heteroatoms. The van der Waals surface area contributed by atoms with Crippen molar-refractivity contribution in [3.8, 4) is 0 Å². The Morgan fingerprint density at radius 1 is 1.44 bits per heavy atom. The molecule has 0 aromatic heterocycles. The third-order valence-corrected chi connectivity index (χ3v) is 1.44. The van der Waals surface area contributed by atoms with Gasteiger partial charge in [0.2, 0.25) is 0 Å². The van der Waals surface area contributed by atoms with Crippen LogP contribution in [0.3, 0.4) is 0 Å². The summed E-state index contributed by atoms with van der Waals surface area (Å²) in [7, 11) is 0. The molecule has 0 amide bonds. The zero-order valence-electron chi connectivity index (χ0n) is 6.48. The third-order valence-electron chi connectivity index (χ3n) is 1.44. The molecule has 9 heavy (non-hydrogen) atoms. The van der Waals surface area contributed by atoms with E-state index in [1.165, 1.54) is 19.3 Å². The molecule has 0 atom stereocenters. The average Bonchev–Trinajstić information content (AvgIpc) is 1.89. The van der Waals surface area contributed by atoms with Crippen LogP contribution in [0.4, 0.5) is 0 Å². The van der Waals surface area contributed by atoms with E-state index in [0.717, 1.165) is 12.1 Å². The molecule has 2 N–H and O–H groups in total. The molecule has 0 heterocycles. The van der Waals surface area contributed by atoms with Gasteiger partial charge in [-0.2, -0.15) is 0 Å². The molecular weight excluding hydrogens is 110 g/mol. The zero-order chi connectivity index (χ0) is 7.11. The van der Waals surface area contributed by atoms with E-state index >= 15 is 0 Å². The predicted octanol–water partition coefficient (Wildman–Crippen LogP) is 2.43. The molecule has 0 aromatic rings. The van der Waals surface area contributed by atoms with Crippen molar-refractivity contribution in [2.45, 2.75) is 39.5 Å². The maximum Gasteiger partial charge on any atom is 0.00371 e. The monoisotopic (exact) mass is 127 g/mol. The van der Waals surface area contributed by atoms with E-state index in [-0.39, 0.29) is 0 Å². The first-order chi connectivity index (χ1) is 4.31. The molecule has 0 bridgehead atoms. The van der Waals surface area contributed by atoms with Gasteiger partial charge < -0.3 is 5.73 Å². The Morgan fingerprint density at radius 3 is 2.56 bits per heavy atom. The minimum atomic E-state index is 1.03. The number of allylic oxidation sites excluding steroid dienone is 2. The Bertz CT molecular complexity index is 84.6. The van der Waals surface area contributed by atoms with Crippen LogP contribution in [0.25, 0.3) is 0 Å². The summed E-state index contributed by atoms with van der Waals surface area (Å²) in [6.07, 6.45) is 6.87. The highest BCUT2D eigenvalue weighted by molar-refractivity contribution is 4.92. The number of hydrogen-bond donors (Lipinski definition) is 1. The molecule has 0 saturated heterocycles. The zero-order valence-corrected chi connectivity index (χ0v) is 6.48. The Balaban J connectivity index is 3.07. The lowest BCUT2D eigenvalue weighted by Gasteiger charge is -1.97. The van der Waals surface area contributed by atoms with E-state index < -0.39 is 0 Å². The van der Waals surface area contributed by atoms with E-state index in [9.17, 15) is 0 Å². The van der Waals surface area contributed by atoms with Gasteiger partial charge in [-0.1, -0.05) is 25.8 Å². The Labute approximate surface area is 57.9 Å². The van der Waals surface area contributed by atoms with Crippen LogP contribution >= 0.6 is 0 Å². The first-order valence-electron chi connectivity index (χ1n) is 3.72. The van der Waals surface area contributed by atoms with E-state index in [4.69, 9.17) is 5.73 Å². The first-order valence-corrected chi connectivity index (χ1v) is 3.72. The lowest BCUT2D eigenvalue weighted by Crippen LogP contribution is -1.95. The van der Waals surface area contributed by atoms with Gasteiger partial charge in [0.25, 0.3) is 0 Å². The van der Waals surface area contributed by atoms with Gasteiger partial charge in [-0.25, -0.2) is 0 Å². The van der Waals surface area contributed by atoms with Crippen LogP contribution in [0.15, 0.2) is 11.8 Å². The summed E-state index contributed by atoms with van der Waals surface area (Å²) in [5.41, 5.74) is 6.61.